The van der Waals surface area contributed by atoms with Gasteiger partial charge in [-0.05, 0) is 24.3 Å². The molecule has 2 aromatic rings. The Morgan fingerprint density at radius 3 is 2.13 bits per heavy atom. The van der Waals surface area contributed by atoms with Crippen LogP contribution in [0.15, 0.2) is 36.4 Å². The predicted octanol–water partition coefficient (Wildman–Crippen LogP) is 1.28. The van der Waals surface area contributed by atoms with Gasteiger partial charge in [0, 0.05) is 24.4 Å². The molecule has 4 N–H and O–H groups in total. The SMILES string of the molecule is COc1ccc(NC(=O)CNc2c([N+](=O)[O-])cc(C(=O)NCCO)cc2[N+](=O)[O-])cc1. The maximum atomic E-state index is 12.2. The molecule has 0 radical (unpaired) electrons. The lowest BCUT2D eigenvalue weighted by Crippen LogP contribution is -2.27. The van der Waals surface area contributed by atoms with E-state index in [2.05, 4.69) is 16.0 Å². The van der Waals surface area contributed by atoms with Crippen molar-refractivity contribution in [1.82, 2.24) is 5.32 Å². The molecule has 2 rings (SSSR count). The number of carbonyl (C=O) groups excluding carboxylic acids is 2. The quantitative estimate of drug-likeness (QED) is 0.316. The molecule has 0 aliphatic carbocycles. The first-order valence-corrected chi connectivity index (χ1v) is 8.80. The van der Waals surface area contributed by atoms with Crippen LogP contribution in [0.4, 0.5) is 22.7 Å². The summed E-state index contributed by atoms with van der Waals surface area (Å²) in [6, 6.07) is 8.06. The van der Waals surface area contributed by atoms with Gasteiger partial charge < -0.3 is 25.8 Å². The molecule has 0 unspecified atom stereocenters. The number of hydrogen-bond acceptors (Lipinski definition) is 9. The predicted molar refractivity (Wildman–Crippen MR) is 109 cm³/mol. The number of hydrogen-bond donors (Lipinski definition) is 4. The van der Waals surface area contributed by atoms with Crippen molar-refractivity contribution >= 4 is 34.6 Å². The van der Waals surface area contributed by atoms with Crippen LogP contribution in [-0.2, 0) is 4.79 Å². The Kier molecular flexibility index (Phi) is 7.80. The van der Waals surface area contributed by atoms with Crippen molar-refractivity contribution < 1.29 is 29.3 Å². The normalized spacial score (nSPS) is 10.1. The summed E-state index contributed by atoms with van der Waals surface area (Å²) >= 11 is 0. The second-order valence-electron chi connectivity index (χ2n) is 6.01. The fraction of sp³-hybridized carbons (Fsp3) is 0.222. The number of aliphatic hydroxyl groups excluding tert-OH is 1. The number of nitro groups is 2. The minimum absolute atomic E-state index is 0.133. The Balaban J connectivity index is 2.24. The second-order valence-corrected chi connectivity index (χ2v) is 6.01. The van der Waals surface area contributed by atoms with Crippen LogP contribution in [0.3, 0.4) is 0 Å². The molecule has 0 aliphatic rings. The van der Waals surface area contributed by atoms with Gasteiger partial charge in [0.15, 0.2) is 5.69 Å². The van der Waals surface area contributed by atoms with E-state index in [0.717, 1.165) is 12.1 Å². The fourth-order valence-corrected chi connectivity index (χ4v) is 2.53. The number of carbonyl (C=O) groups is 2. The zero-order valence-corrected chi connectivity index (χ0v) is 16.3. The molecule has 0 bridgehead atoms. The molecule has 2 aromatic carbocycles. The largest absolute Gasteiger partial charge is 0.497 e. The molecule has 0 aromatic heterocycles. The van der Waals surface area contributed by atoms with Crippen LogP contribution in [0, 0.1) is 20.2 Å². The molecule has 164 valence electrons. The molecule has 0 heterocycles. The lowest BCUT2D eigenvalue weighted by molar-refractivity contribution is -0.392. The number of aliphatic hydroxyl groups is 1. The lowest BCUT2D eigenvalue weighted by atomic mass is 10.1. The Hall–Kier alpha value is -4.26. The topological polar surface area (TPSA) is 186 Å². The van der Waals surface area contributed by atoms with E-state index in [-0.39, 0.29) is 18.7 Å². The van der Waals surface area contributed by atoms with E-state index in [4.69, 9.17) is 9.84 Å². The van der Waals surface area contributed by atoms with Crippen LogP contribution >= 0.6 is 0 Å². The summed E-state index contributed by atoms with van der Waals surface area (Å²) in [4.78, 5) is 45.3. The summed E-state index contributed by atoms with van der Waals surface area (Å²) in [5.74, 6) is -0.868. The zero-order chi connectivity index (χ0) is 23.0. The molecule has 0 spiro atoms. The Bertz CT molecular complexity index is 958. The number of nitrogens with one attached hydrogen (secondary N) is 3. The van der Waals surface area contributed by atoms with Gasteiger partial charge in [0.1, 0.15) is 5.75 Å². The van der Waals surface area contributed by atoms with E-state index in [1.807, 2.05) is 0 Å². The first-order valence-electron chi connectivity index (χ1n) is 8.80. The Morgan fingerprint density at radius 2 is 1.65 bits per heavy atom. The van der Waals surface area contributed by atoms with Crippen LogP contribution in [0.2, 0.25) is 0 Å². The lowest BCUT2D eigenvalue weighted by Gasteiger charge is -2.11. The van der Waals surface area contributed by atoms with Crippen molar-refractivity contribution in [1.29, 1.82) is 0 Å². The maximum absolute atomic E-state index is 12.2. The van der Waals surface area contributed by atoms with E-state index in [1.165, 1.54) is 7.11 Å². The summed E-state index contributed by atoms with van der Waals surface area (Å²) < 4.78 is 5.01. The number of ether oxygens (including phenoxy) is 1. The van der Waals surface area contributed by atoms with E-state index < -0.39 is 45.3 Å². The molecular formula is C18H19N5O8. The number of rotatable bonds is 10. The number of benzene rings is 2. The van der Waals surface area contributed by atoms with Gasteiger partial charge in [-0.25, -0.2) is 0 Å². The van der Waals surface area contributed by atoms with Gasteiger partial charge in [-0.1, -0.05) is 0 Å². The number of methoxy groups -OCH3 is 1. The highest BCUT2D eigenvalue weighted by Gasteiger charge is 2.29. The first kappa shape index (κ1) is 23.0. The second kappa shape index (κ2) is 10.5. The number of anilines is 2. The van der Waals surface area contributed by atoms with Gasteiger partial charge in [0.05, 0.1) is 35.7 Å². The molecular weight excluding hydrogens is 414 g/mol. The molecule has 0 atom stereocenters. The first-order chi connectivity index (χ1) is 14.8. The third-order valence-electron chi connectivity index (χ3n) is 3.95. The highest BCUT2D eigenvalue weighted by molar-refractivity contribution is 5.98. The molecule has 31 heavy (non-hydrogen) atoms. The minimum atomic E-state index is -0.903. The average molecular weight is 433 g/mol. The fourth-order valence-electron chi connectivity index (χ4n) is 2.53. The van der Waals surface area contributed by atoms with Gasteiger partial charge in [0.25, 0.3) is 17.3 Å². The Morgan fingerprint density at radius 1 is 1.06 bits per heavy atom. The van der Waals surface area contributed by atoms with Gasteiger partial charge in [-0.3, -0.25) is 29.8 Å². The number of nitrogens with zero attached hydrogens (tertiary/aromatic N) is 2. The molecule has 0 saturated carbocycles. The molecule has 13 heteroatoms. The van der Waals surface area contributed by atoms with E-state index in [0.29, 0.717) is 11.4 Å². The summed E-state index contributed by atoms with van der Waals surface area (Å²) in [6.07, 6.45) is 0. The number of nitro benzene ring substituents is 2. The zero-order valence-electron chi connectivity index (χ0n) is 16.3. The van der Waals surface area contributed by atoms with Gasteiger partial charge >= 0.3 is 0 Å². The van der Waals surface area contributed by atoms with E-state index in [1.54, 1.807) is 24.3 Å². The molecule has 13 nitrogen and oxygen atoms in total. The Labute approximate surface area is 175 Å². The highest BCUT2D eigenvalue weighted by Crippen LogP contribution is 2.35. The molecule has 0 fully saturated rings. The van der Waals surface area contributed by atoms with Crippen LogP contribution in [-0.4, -0.2) is 53.6 Å². The van der Waals surface area contributed by atoms with Crippen LogP contribution in [0.25, 0.3) is 0 Å². The molecule has 0 aliphatic heterocycles. The van der Waals surface area contributed by atoms with Gasteiger partial charge in [-0.15, -0.1) is 0 Å². The minimum Gasteiger partial charge on any atom is -0.497 e. The van der Waals surface area contributed by atoms with Crippen molar-refractivity contribution in [2.24, 2.45) is 0 Å². The standard InChI is InChI=1S/C18H19N5O8/c1-31-13-4-2-12(3-5-13)21-16(25)10-20-17-14(22(27)28)8-11(9-15(17)23(29)30)18(26)19-6-7-24/h2-5,8-9,20,24H,6-7,10H2,1H3,(H,19,26)(H,21,25). The maximum Gasteiger partial charge on any atom is 0.300 e. The van der Waals surface area contributed by atoms with Crippen LogP contribution in [0.1, 0.15) is 10.4 Å². The average Bonchev–Trinajstić information content (AvgIpc) is 2.75. The smallest absolute Gasteiger partial charge is 0.300 e. The van der Waals surface area contributed by atoms with Crippen molar-refractivity contribution in [2.45, 2.75) is 0 Å². The van der Waals surface area contributed by atoms with Crippen molar-refractivity contribution in [3.63, 3.8) is 0 Å². The third-order valence-corrected chi connectivity index (χ3v) is 3.95. The highest BCUT2D eigenvalue weighted by atomic mass is 16.6. The molecule has 2 amide bonds. The summed E-state index contributed by atoms with van der Waals surface area (Å²) in [5, 5.41) is 38.8. The van der Waals surface area contributed by atoms with E-state index >= 15 is 0 Å². The summed E-state index contributed by atoms with van der Waals surface area (Å²) in [6.45, 7) is -1.02. The van der Waals surface area contributed by atoms with Crippen molar-refractivity contribution in [2.75, 3.05) is 37.4 Å². The van der Waals surface area contributed by atoms with Crippen molar-refractivity contribution in [3.8, 4) is 5.75 Å². The van der Waals surface area contributed by atoms with Crippen LogP contribution in [0.5, 0.6) is 5.75 Å². The van der Waals surface area contributed by atoms with E-state index in [9.17, 15) is 29.8 Å². The van der Waals surface area contributed by atoms with Gasteiger partial charge in [0.2, 0.25) is 5.91 Å². The third kappa shape index (κ3) is 6.11. The summed E-state index contributed by atoms with van der Waals surface area (Å²) in [7, 11) is 1.48. The molecule has 0 saturated heterocycles. The van der Waals surface area contributed by atoms with Crippen LogP contribution < -0.4 is 20.7 Å². The van der Waals surface area contributed by atoms with Crippen molar-refractivity contribution in [3.05, 3.63) is 62.2 Å². The summed E-state index contributed by atoms with van der Waals surface area (Å²) in [5.41, 5.74) is -1.92. The van der Waals surface area contributed by atoms with Gasteiger partial charge in [-0.2, -0.15) is 0 Å². The number of amides is 2. The monoisotopic (exact) mass is 433 g/mol.